The summed E-state index contributed by atoms with van der Waals surface area (Å²) in [6.45, 7) is 6.34. The molecule has 3 heterocycles. The zero-order chi connectivity index (χ0) is 13.0. The van der Waals surface area contributed by atoms with Crippen molar-refractivity contribution < 1.29 is 9.84 Å². The summed E-state index contributed by atoms with van der Waals surface area (Å²) >= 11 is 0. The average Bonchev–Trinajstić information content (AvgIpc) is 2.84. The molecule has 2 aliphatic rings. The number of aromatic nitrogens is 2. The van der Waals surface area contributed by atoms with Crippen LogP contribution in [0.15, 0.2) is 12.4 Å². The molecule has 0 spiro atoms. The molecule has 2 fully saturated rings. The second-order valence-corrected chi connectivity index (χ2v) is 6.74. The summed E-state index contributed by atoms with van der Waals surface area (Å²) in [5.41, 5.74) is 0.157. The average molecular weight is 250 g/mol. The Morgan fingerprint density at radius 1 is 1.33 bits per heavy atom. The first-order valence-electron chi connectivity index (χ1n) is 6.80. The van der Waals surface area contributed by atoms with E-state index in [2.05, 4.69) is 25.9 Å². The highest BCUT2D eigenvalue weighted by Gasteiger charge is 2.45. The fourth-order valence-electron chi connectivity index (χ4n) is 3.08. The Morgan fingerprint density at radius 3 is 2.44 bits per heavy atom. The Kier molecular flexibility index (Phi) is 2.58. The van der Waals surface area contributed by atoms with Gasteiger partial charge in [0.25, 0.3) is 0 Å². The first-order valence-corrected chi connectivity index (χ1v) is 6.80. The molecule has 4 heteroatoms. The zero-order valence-electron chi connectivity index (χ0n) is 11.4. The molecule has 0 radical (unpaired) electrons. The summed E-state index contributed by atoms with van der Waals surface area (Å²) in [6.07, 6.45) is 7.85. The predicted molar refractivity (Wildman–Crippen MR) is 68.2 cm³/mol. The molecule has 2 bridgehead atoms. The van der Waals surface area contributed by atoms with Crippen molar-refractivity contribution in [2.45, 2.75) is 69.8 Å². The Morgan fingerprint density at radius 2 is 1.94 bits per heavy atom. The number of rotatable bonds is 1. The van der Waals surface area contributed by atoms with E-state index in [4.69, 9.17) is 4.74 Å². The van der Waals surface area contributed by atoms with E-state index >= 15 is 0 Å². The Hall–Kier alpha value is -0.870. The van der Waals surface area contributed by atoms with Gasteiger partial charge in [0.2, 0.25) is 0 Å². The van der Waals surface area contributed by atoms with Crippen molar-refractivity contribution in [2.24, 2.45) is 0 Å². The minimum Gasteiger partial charge on any atom is -0.385 e. The fraction of sp³-hybridized carbons (Fsp3) is 0.786. The van der Waals surface area contributed by atoms with E-state index in [1.165, 1.54) is 0 Å². The maximum absolute atomic E-state index is 10.9. The van der Waals surface area contributed by atoms with Crippen LogP contribution >= 0.6 is 0 Å². The van der Waals surface area contributed by atoms with E-state index in [0.717, 1.165) is 18.4 Å². The number of hydrogen-bond acceptors (Lipinski definition) is 3. The van der Waals surface area contributed by atoms with Gasteiger partial charge in [-0.1, -0.05) is 0 Å². The Labute approximate surface area is 108 Å². The van der Waals surface area contributed by atoms with Gasteiger partial charge in [0.05, 0.1) is 29.5 Å². The van der Waals surface area contributed by atoms with Gasteiger partial charge in [0, 0.05) is 24.6 Å². The van der Waals surface area contributed by atoms with E-state index in [0.29, 0.717) is 12.8 Å². The standard InChI is InChI=1S/C14H22N2O2/c1-13(2,3)16-9-10(8-15-16)14(17)6-11-4-5-12(7-14)18-11/h8-9,11-12,17H,4-7H2,1-3H3. The van der Waals surface area contributed by atoms with Gasteiger partial charge < -0.3 is 9.84 Å². The highest BCUT2D eigenvalue weighted by Crippen LogP contribution is 2.43. The monoisotopic (exact) mass is 250 g/mol. The molecule has 0 saturated carbocycles. The van der Waals surface area contributed by atoms with Gasteiger partial charge in [0.15, 0.2) is 0 Å². The third-order valence-electron chi connectivity index (χ3n) is 4.13. The summed E-state index contributed by atoms with van der Waals surface area (Å²) in [7, 11) is 0. The number of fused-ring (bicyclic) bond motifs is 2. The highest BCUT2D eigenvalue weighted by atomic mass is 16.5. The van der Waals surface area contributed by atoms with E-state index in [1.54, 1.807) is 0 Å². The SMILES string of the molecule is CC(C)(C)n1cc(C2(O)CC3CCC(C2)O3)cn1. The first-order chi connectivity index (χ1) is 8.37. The maximum Gasteiger partial charge on any atom is 0.0976 e. The van der Waals surface area contributed by atoms with Gasteiger partial charge in [-0.25, -0.2) is 0 Å². The second-order valence-electron chi connectivity index (χ2n) is 6.74. The lowest BCUT2D eigenvalue weighted by molar-refractivity contribution is -0.115. The molecule has 2 saturated heterocycles. The molecule has 1 aromatic heterocycles. The third-order valence-corrected chi connectivity index (χ3v) is 4.13. The summed E-state index contributed by atoms with van der Waals surface area (Å²) in [6, 6.07) is 0. The Balaban J connectivity index is 1.88. The van der Waals surface area contributed by atoms with Crippen molar-refractivity contribution in [3.05, 3.63) is 18.0 Å². The molecule has 3 rings (SSSR count). The van der Waals surface area contributed by atoms with E-state index in [1.807, 2.05) is 17.1 Å². The van der Waals surface area contributed by atoms with Crippen LogP contribution in [0.1, 0.15) is 52.0 Å². The molecule has 0 aliphatic carbocycles. The number of nitrogens with zero attached hydrogens (tertiary/aromatic N) is 2. The molecule has 100 valence electrons. The fourth-order valence-corrected chi connectivity index (χ4v) is 3.08. The minimum absolute atomic E-state index is 0.0429. The van der Waals surface area contributed by atoms with E-state index < -0.39 is 5.60 Å². The summed E-state index contributed by atoms with van der Waals surface area (Å²) in [4.78, 5) is 0. The van der Waals surface area contributed by atoms with Crippen molar-refractivity contribution >= 4 is 0 Å². The predicted octanol–water partition coefficient (Wildman–Crippen LogP) is 2.17. The van der Waals surface area contributed by atoms with Crippen molar-refractivity contribution in [1.82, 2.24) is 9.78 Å². The quantitative estimate of drug-likeness (QED) is 0.831. The van der Waals surface area contributed by atoms with Gasteiger partial charge in [-0.15, -0.1) is 0 Å². The van der Waals surface area contributed by atoms with Gasteiger partial charge in [-0.2, -0.15) is 5.10 Å². The molecule has 2 atom stereocenters. The molecule has 0 amide bonds. The van der Waals surface area contributed by atoms with Crippen LogP contribution in [0.5, 0.6) is 0 Å². The van der Waals surface area contributed by atoms with Crippen LogP contribution in [0.25, 0.3) is 0 Å². The van der Waals surface area contributed by atoms with Gasteiger partial charge in [-0.3, -0.25) is 4.68 Å². The molecular weight excluding hydrogens is 228 g/mol. The molecule has 2 aliphatic heterocycles. The lowest BCUT2D eigenvalue weighted by Gasteiger charge is -2.35. The lowest BCUT2D eigenvalue weighted by Crippen LogP contribution is -2.38. The molecule has 18 heavy (non-hydrogen) atoms. The van der Waals surface area contributed by atoms with Crippen LogP contribution in [-0.4, -0.2) is 27.1 Å². The van der Waals surface area contributed by atoms with E-state index in [-0.39, 0.29) is 17.7 Å². The smallest absolute Gasteiger partial charge is 0.0976 e. The van der Waals surface area contributed by atoms with Crippen LogP contribution in [0.4, 0.5) is 0 Å². The largest absolute Gasteiger partial charge is 0.385 e. The van der Waals surface area contributed by atoms with E-state index in [9.17, 15) is 5.11 Å². The van der Waals surface area contributed by atoms with Crippen molar-refractivity contribution in [3.8, 4) is 0 Å². The number of ether oxygens (including phenoxy) is 1. The highest BCUT2D eigenvalue weighted by molar-refractivity contribution is 5.18. The van der Waals surface area contributed by atoms with Crippen molar-refractivity contribution in [1.29, 1.82) is 0 Å². The second kappa shape index (κ2) is 3.81. The number of aliphatic hydroxyl groups is 1. The zero-order valence-corrected chi connectivity index (χ0v) is 11.4. The normalized spacial score (nSPS) is 36.0. The van der Waals surface area contributed by atoms with Gasteiger partial charge in [-0.05, 0) is 33.6 Å². The summed E-state index contributed by atoms with van der Waals surface area (Å²) < 4.78 is 7.73. The minimum atomic E-state index is -0.742. The van der Waals surface area contributed by atoms with Crippen molar-refractivity contribution in [3.63, 3.8) is 0 Å². The number of hydrogen-bond donors (Lipinski definition) is 1. The van der Waals surface area contributed by atoms with Crippen LogP contribution < -0.4 is 0 Å². The van der Waals surface area contributed by atoms with Crippen LogP contribution in [-0.2, 0) is 15.9 Å². The first kappa shape index (κ1) is 12.2. The van der Waals surface area contributed by atoms with Crippen LogP contribution in [0.3, 0.4) is 0 Å². The van der Waals surface area contributed by atoms with Crippen LogP contribution in [0, 0.1) is 0 Å². The summed E-state index contributed by atoms with van der Waals surface area (Å²) in [5, 5.41) is 15.3. The third kappa shape index (κ3) is 1.97. The Bertz CT molecular complexity index is 435. The van der Waals surface area contributed by atoms with Gasteiger partial charge >= 0.3 is 0 Å². The topological polar surface area (TPSA) is 47.3 Å². The molecular formula is C14H22N2O2. The maximum atomic E-state index is 10.9. The molecule has 4 nitrogen and oxygen atoms in total. The van der Waals surface area contributed by atoms with Crippen LogP contribution in [0.2, 0.25) is 0 Å². The van der Waals surface area contributed by atoms with Gasteiger partial charge in [0.1, 0.15) is 0 Å². The molecule has 1 N–H and O–H groups in total. The summed E-state index contributed by atoms with van der Waals surface area (Å²) in [5.74, 6) is 0. The lowest BCUT2D eigenvalue weighted by atomic mass is 9.85. The molecule has 1 aromatic rings. The van der Waals surface area contributed by atoms with Crippen molar-refractivity contribution in [2.75, 3.05) is 0 Å². The molecule has 2 unspecified atom stereocenters. The molecule has 0 aromatic carbocycles.